The first-order valence-electron chi connectivity index (χ1n) is 14.7. The van der Waals surface area contributed by atoms with Crippen LogP contribution in [-0.4, -0.2) is 86.3 Å². The molecule has 0 radical (unpaired) electrons. The normalized spacial score (nSPS) is 15.5. The monoisotopic (exact) mass is 616 g/mol. The summed E-state index contributed by atoms with van der Waals surface area (Å²) in [4.78, 5) is 45.9. The zero-order valence-corrected chi connectivity index (χ0v) is 25.8. The van der Waals surface area contributed by atoms with Gasteiger partial charge in [-0.1, -0.05) is 19.4 Å². The average Bonchev–Trinajstić information content (AvgIpc) is 2.96. The number of rotatable bonds is 16. The molecule has 1 aliphatic carbocycles. The number of fused-ring (bicyclic) bond motifs is 2. The minimum atomic E-state index is -1.40. The number of aliphatic hydroxyl groups excluding tert-OH is 2. The van der Waals surface area contributed by atoms with Crippen LogP contribution in [-0.2, 0) is 25.6 Å². The van der Waals surface area contributed by atoms with Crippen molar-refractivity contribution in [2.24, 2.45) is 4.99 Å². The Kier molecular flexibility index (Phi) is 12.4. The number of aryl methyl sites for hydroxylation is 1. The summed E-state index contributed by atoms with van der Waals surface area (Å²) in [5.41, 5.74) is 3.62. The summed E-state index contributed by atoms with van der Waals surface area (Å²) in [6.45, 7) is 10.6. The number of amides is 1. The van der Waals surface area contributed by atoms with Crippen molar-refractivity contribution in [1.82, 2.24) is 20.3 Å². The fourth-order valence-corrected chi connectivity index (χ4v) is 4.94. The molecule has 0 bridgehead atoms. The van der Waals surface area contributed by atoms with Crippen molar-refractivity contribution in [1.29, 1.82) is 0 Å². The van der Waals surface area contributed by atoms with Gasteiger partial charge >= 0.3 is 5.97 Å². The topological polar surface area (TPSA) is 197 Å². The van der Waals surface area contributed by atoms with Crippen LogP contribution in [0.15, 0.2) is 30.0 Å². The maximum absolute atomic E-state index is 12.7. The van der Waals surface area contributed by atoms with Gasteiger partial charge in [0.15, 0.2) is 11.5 Å². The maximum Gasteiger partial charge on any atom is 0.306 e. The van der Waals surface area contributed by atoms with Crippen LogP contribution in [0.2, 0.25) is 0 Å². The SMILES string of the molecule is C=COC(C(O)CN=c1cc2n(CCCCCCC(=O)OC(C)(C)C)c3c(nc-2cc1C)C(=O)NCN3)C(NO)C(=O)CO. The van der Waals surface area contributed by atoms with E-state index in [-0.39, 0.29) is 30.8 Å². The van der Waals surface area contributed by atoms with Crippen molar-refractivity contribution < 1.29 is 39.3 Å². The second kappa shape index (κ2) is 15.7. The molecule has 0 aromatic carbocycles. The van der Waals surface area contributed by atoms with Crippen LogP contribution >= 0.6 is 0 Å². The first-order valence-corrected chi connectivity index (χ1v) is 14.7. The molecule has 3 atom stereocenters. The van der Waals surface area contributed by atoms with Crippen LogP contribution in [0.1, 0.15) is 68.9 Å². The number of benzene rings is 1. The van der Waals surface area contributed by atoms with Gasteiger partial charge in [0, 0.05) is 13.0 Å². The molecule has 2 heterocycles. The summed E-state index contributed by atoms with van der Waals surface area (Å²) < 4.78 is 12.7. The number of Topliss-reactive ketones (excluding diaryl/α,β-unsaturated/α-hetero) is 1. The molecule has 3 aliphatic rings. The van der Waals surface area contributed by atoms with E-state index >= 15 is 0 Å². The third-order valence-corrected chi connectivity index (χ3v) is 7.01. The summed E-state index contributed by atoms with van der Waals surface area (Å²) in [6, 6.07) is 2.23. The Morgan fingerprint density at radius 2 is 1.95 bits per heavy atom. The summed E-state index contributed by atoms with van der Waals surface area (Å²) in [6.07, 6.45) is 1.97. The molecule has 14 nitrogen and oxygen atoms in total. The molecule has 1 amide bonds. The van der Waals surface area contributed by atoms with E-state index in [2.05, 4.69) is 27.2 Å². The van der Waals surface area contributed by atoms with E-state index in [9.17, 15) is 29.8 Å². The smallest absolute Gasteiger partial charge is 0.306 e. The Balaban J connectivity index is 1.85. The van der Waals surface area contributed by atoms with E-state index in [1.54, 1.807) is 5.48 Å². The number of nitrogens with zero attached hydrogens (tertiary/aromatic N) is 3. The Morgan fingerprint density at radius 3 is 2.61 bits per heavy atom. The Morgan fingerprint density at radius 1 is 1.23 bits per heavy atom. The number of hydroxylamine groups is 1. The number of ketones is 1. The number of nitrogens with one attached hydrogen (secondary N) is 3. The van der Waals surface area contributed by atoms with Gasteiger partial charge in [-0.25, -0.2) is 4.98 Å². The van der Waals surface area contributed by atoms with Crippen molar-refractivity contribution in [2.45, 2.75) is 90.2 Å². The molecule has 0 saturated carbocycles. The Bertz CT molecular complexity index is 1370. The lowest BCUT2D eigenvalue weighted by atomic mass is 10.0. The first-order chi connectivity index (χ1) is 20.9. The second-order valence-electron chi connectivity index (χ2n) is 11.6. The number of hydrogen-bond acceptors (Lipinski definition) is 12. The van der Waals surface area contributed by atoms with Crippen LogP contribution < -0.4 is 21.5 Å². The molecule has 0 fully saturated rings. The van der Waals surface area contributed by atoms with Crippen molar-refractivity contribution in [3.8, 4) is 11.4 Å². The molecule has 0 saturated heterocycles. The van der Waals surface area contributed by atoms with Crippen molar-refractivity contribution in [2.75, 3.05) is 25.1 Å². The molecule has 0 spiro atoms. The molecule has 242 valence electrons. The number of anilines is 1. The van der Waals surface area contributed by atoms with Gasteiger partial charge in [0.2, 0.25) is 0 Å². The highest BCUT2D eigenvalue weighted by atomic mass is 16.6. The molecule has 3 rings (SSSR count). The average molecular weight is 617 g/mol. The van der Waals surface area contributed by atoms with Gasteiger partial charge in [0.05, 0.1) is 36.2 Å². The van der Waals surface area contributed by atoms with Crippen LogP contribution in [0.5, 0.6) is 0 Å². The zero-order chi connectivity index (χ0) is 32.4. The molecular weight excluding hydrogens is 572 g/mol. The van der Waals surface area contributed by atoms with Crippen LogP contribution in [0, 0.1) is 6.92 Å². The first kappa shape index (κ1) is 34.6. The Labute approximate surface area is 256 Å². The molecule has 44 heavy (non-hydrogen) atoms. The van der Waals surface area contributed by atoms with Gasteiger partial charge in [-0.3, -0.25) is 19.4 Å². The maximum atomic E-state index is 12.7. The van der Waals surface area contributed by atoms with E-state index in [4.69, 9.17) is 9.47 Å². The number of aromatic nitrogens is 2. The fourth-order valence-electron chi connectivity index (χ4n) is 4.94. The standard InChI is InChI=1S/C30H44N6O8/c1-6-43-27(25(35-42)23(39)16-37)22(38)15-31-19-14-21-20(13-18(19)2)34-26-28(32-17-33-29(26)41)36(21)12-10-8-7-9-11-24(40)44-30(3,4)5/h6,13-14,22,25,27,32,35,37-38,42H,1,7-12,15-17H2,2-5H3,(H,33,41). The predicted molar refractivity (Wildman–Crippen MR) is 161 cm³/mol. The third-order valence-electron chi connectivity index (χ3n) is 7.01. The third kappa shape index (κ3) is 9.08. The molecular formula is C30H44N6O8. The number of esters is 1. The summed E-state index contributed by atoms with van der Waals surface area (Å²) >= 11 is 0. The van der Waals surface area contributed by atoms with Crippen LogP contribution in [0.3, 0.4) is 0 Å². The van der Waals surface area contributed by atoms with Gasteiger partial charge in [0.1, 0.15) is 36.3 Å². The molecule has 0 aromatic heterocycles. The number of hydrogen-bond donors (Lipinski definition) is 6. The predicted octanol–water partition coefficient (Wildman–Crippen LogP) is 1.40. The molecule has 2 aliphatic heterocycles. The van der Waals surface area contributed by atoms with Crippen molar-refractivity contribution in [3.05, 3.63) is 41.6 Å². The molecule has 3 unspecified atom stereocenters. The van der Waals surface area contributed by atoms with Crippen LogP contribution in [0.4, 0.5) is 5.82 Å². The highest BCUT2D eigenvalue weighted by Crippen LogP contribution is 2.28. The van der Waals surface area contributed by atoms with E-state index in [0.29, 0.717) is 36.3 Å². The number of carbonyl (C=O) groups is 3. The number of aliphatic hydroxyl groups is 2. The highest BCUT2D eigenvalue weighted by Gasteiger charge is 2.34. The van der Waals surface area contributed by atoms with Gasteiger partial charge in [-0.2, -0.15) is 5.48 Å². The number of unbranched alkanes of at least 4 members (excludes halogenated alkanes) is 3. The van der Waals surface area contributed by atoms with Gasteiger partial charge in [-0.05, 0) is 58.2 Å². The minimum Gasteiger partial charge on any atom is -0.494 e. The number of carbonyl (C=O) groups excluding carboxylic acids is 3. The molecule has 0 aromatic rings. The highest BCUT2D eigenvalue weighted by molar-refractivity contribution is 5.99. The van der Waals surface area contributed by atoms with Gasteiger partial charge in [-0.15, -0.1) is 0 Å². The van der Waals surface area contributed by atoms with Crippen molar-refractivity contribution >= 4 is 23.5 Å². The van der Waals surface area contributed by atoms with Crippen LogP contribution in [0.25, 0.3) is 11.4 Å². The van der Waals surface area contributed by atoms with Crippen molar-refractivity contribution in [3.63, 3.8) is 0 Å². The van der Waals surface area contributed by atoms with Gasteiger partial charge in [0.25, 0.3) is 5.91 Å². The second-order valence-corrected chi connectivity index (χ2v) is 11.6. The minimum absolute atomic E-state index is 0.196. The lowest BCUT2D eigenvalue weighted by Crippen LogP contribution is -2.52. The van der Waals surface area contributed by atoms with E-state index in [1.165, 1.54) is 0 Å². The lowest BCUT2D eigenvalue weighted by Gasteiger charge is -2.27. The molecule has 14 heteroatoms. The van der Waals surface area contributed by atoms with E-state index in [0.717, 1.165) is 36.8 Å². The quantitative estimate of drug-likeness (QED) is 0.0690. The number of ether oxygens (including phenoxy) is 2. The van der Waals surface area contributed by atoms with E-state index in [1.807, 2.05) is 44.4 Å². The summed E-state index contributed by atoms with van der Waals surface area (Å²) in [7, 11) is 0. The summed E-state index contributed by atoms with van der Waals surface area (Å²) in [5, 5.41) is 36.0. The zero-order valence-electron chi connectivity index (χ0n) is 25.8. The van der Waals surface area contributed by atoms with Gasteiger partial charge < -0.3 is 40.1 Å². The fraction of sp³-hybridized carbons (Fsp3) is 0.567. The molecule has 6 N–H and O–H groups in total. The van der Waals surface area contributed by atoms with E-state index < -0.39 is 36.2 Å². The lowest BCUT2D eigenvalue weighted by molar-refractivity contribution is -0.154. The largest absolute Gasteiger partial charge is 0.494 e. The Hall–Kier alpha value is -3.85. The summed E-state index contributed by atoms with van der Waals surface area (Å²) in [5.74, 6) is -0.681.